The zero-order valence-corrected chi connectivity index (χ0v) is 8.84. The van der Waals surface area contributed by atoms with Crippen LogP contribution in [-0.4, -0.2) is 26.2 Å². The molecule has 4 nitrogen and oxygen atoms in total. The van der Waals surface area contributed by atoms with Gasteiger partial charge in [-0.05, 0) is 13.8 Å². The Hall–Kier alpha value is -1.50. The zero-order chi connectivity index (χ0) is 11.2. The number of hydrogen-bond acceptors (Lipinski definition) is 4. The van der Waals surface area contributed by atoms with Gasteiger partial charge >= 0.3 is 11.9 Å². The standard InChI is InChI=1S/C10H14O4/c1-10(2,9(12)14-4)7-5-6-8(11)13-3/h7H2,1-4H3. The lowest BCUT2D eigenvalue weighted by Crippen LogP contribution is -2.24. The van der Waals surface area contributed by atoms with Gasteiger partial charge in [-0.3, -0.25) is 4.79 Å². The number of ether oxygens (including phenoxy) is 2. The lowest BCUT2D eigenvalue weighted by Gasteiger charge is -2.17. The summed E-state index contributed by atoms with van der Waals surface area (Å²) in [7, 11) is 2.57. The van der Waals surface area contributed by atoms with Crippen molar-refractivity contribution in [1.29, 1.82) is 0 Å². The van der Waals surface area contributed by atoms with Crippen LogP contribution in [0.4, 0.5) is 0 Å². The van der Waals surface area contributed by atoms with E-state index in [-0.39, 0.29) is 12.4 Å². The molecule has 78 valence electrons. The number of carbonyl (C=O) groups is 2. The second-order valence-corrected chi connectivity index (χ2v) is 3.35. The number of carbonyl (C=O) groups excluding carboxylic acids is 2. The fraction of sp³-hybridized carbons (Fsp3) is 0.600. The Morgan fingerprint density at radius 2 is 1.79 bits per heavy atom. The first-order valence-corrected chi connectivity index (χ1v) is 4.09. The summed E-state index contributed by atoms with van der Waals surface area (Å²) < 4.78 is 8.90. The van der Waals surface area contributed by atoms with E-state index in [0.717, 1.165) is 0 Å². The van der Waals surface area contributed by atoms with E-state index < -0.39 is 11.4 Å². The van der Waals surface area contributed by atoms with E-state index in [1.165, 1.54) is 14.2 Å². The van der Waals surface area contributed by atoms with Crippen LogP contribution in [0.1, 0.15) is 20.3 Å². The van der Waals surface area contributed by atoms with Gasteiger partial charge in [-0.2, -0.15) is 0 Å². The van der Waals surface area contributed by atoms with E-state index in [0.29, 0.717) is 0 Å². The molecule has 0 rings (SSSR count). The Kier molecular flexibility index (Phi) is 4.71. The van der Waals surface area contributed by atoms with Crippen LogP contribution in [0, 0.1) is 17.3 Å². The van der Waals surface area contributed by atoms with E-state index >= 15 is 0 Å². The summed E-state index contributed by atoms with van der Waals surface area (Å²) in [5, 5.41) is 0. The van der Waals surface area contributed by atoms with Crippen LogP contribution in [0.15, 0.2) is 0 Å². The Bertz CT molecular complexity index is 280. The molecule has 0 N–H and O–H groups in total. The number of hydrogen-bond donors (Lipinski definition) is 0. The van der Waals surface area contributed by atoms with Crippen LogP contribution in [0.3, 0.4) is 0 Å². The van der Waals surface area contributed by atoms with Crippen molar-refractivity contribution in [3.63, 3.8) is 0 Å². The first-order valence-electron chi connectivity index (χ1n) is 4.09. The van der Waals surface area contributed by atoms with E-state index in [1.807, 2.05) is 0 Å². The maximum atomic E-state index is 11.2. The van der Waals surface area contributed by atoms with Gasteiger partial charge in [0.05, 0.1) is 19.6 Å². The molecule has 0 aromatic carbocycles. The van der Waals surface area contributed by atoms with Gasteiger partial charge in [-0.25, -0.2) is 4.79 Å². The third-order valence-electron chi connectivity index (χ3n) is 1.64. The summed E-state index contributed by atoms with van der Waals surface area (Å²) in [5.41, 5.74) is -0.699. The number of esters is 2. The highest BCUT2D eigenvalue weighted by Crippen LogP contribution is 2.20. The van der Waals surface area contributed by atoms with Crippen molar-refractivity contribution in [3.05, 3.63) is 0 Å². The summed E-state index contributed by atoms with van der Waals surface area (Å²) in [6.45, 7) is 3.40. The molecule has 0 saturated carbocycles. The van der Waals surface area contributed by atoms with E-state index in [4.69, 9.17) is 0 Å². The summed E-state index contributed by atoms with van der Waals surface area (Å²) in [6, 6.07) is 0. The van der Waals surface area contributed by atoms with Crippen molar-refractivity contribution >= 4 is 11.9 Å². The van der Waals surface area contributed by atoms with E-state index in [9.17, 15) is 9.59 Å². The minimum absolute atomic E-state index is 0.259. The maximum absolute atomic E-state index is 11.2. The van der Waals surface area contributed by atoms with Gasteiger partial charge in [0.15, 0.2) is 0 Å². The SMILES string of the molecule is COC(=O)C#CCC(C)(C)C(=O)OC. The fourth-order valence-electron chi connectivity index (χ4n) is 0.737. The highest BCUT2D eigenvalue weighted by molar-refractivity contribution is 5.88. The molecule has 0 bridgehead atoms. The van der Waals surface area contributed by atoms with E-state index in [2.05, 4.69) is 21.3 Å². The average molecular weight is 198 g/mol. The quantitative estimate of drug-likeness (QED) is 0.373. The molecular weight excluding hydrogens is 184 g/mol. The summed E-state index contributed by atoms with van der Waals surface area (Å²) in [5.74, 6) is 3.86. The third-order valence-corrected chi connectivity index (χ3v) is 1.64. The largest absolute Gasteiger partial charge is 0.469 e. The monoisotopic (exact) mass is 198 g/mol. The average Bonchev–Trinajstić information content (AvgIpc) is 2.15. The van der Waals surface area contributed by atoms with Crippen LogP contribution in [0.5, 0.6) is 0 Å². The summed E-state index contributed by atoms with van der Waals surface area (Å²) in [4.78, 5) is 21.8. The smallest absolute Gasteiger partial charge is 0.384 e. The predicted molar refractivity (Wildman–Crippen MR) is 50.2 cm³/mol. The molecule has 4 heteroatoms. The number of rotatable bonds is 2. The second-order valence-electron chi connectivity index (χ2n) is 3.35. The summed E-state index contributed by atoms with van der Waals surface area (Å²) in [6.07, 6.45) is 0.259. The van der Waals surface area contributed by atoms with Gasteiger partial charge < -0.3 is 9.47 Å². The van der Waals surface area contributed by atoms with Gasteiger partial charge in [-0.1, -0.05) is 5.92 Å². The Morgan fingerprint density at radius 3 is 2.21 bits per heavy atom. The van der Waals surface area contributed by atoms with Gasteiger partial charge in [-0.15, -0.1) is 0 Å². The molecule has 0 aliphatic rings. The molecule has 0 unspecified atom stereocenters. The Morgan fingerprint density at radius 1 is 1.21 bits per heavy atom. The maximum Gasteiger partial charge on any atom is 0.384 e. The van der Waals surface area contributed by atoms with Crippen LogP contribution < -0.4 is 0 Å². The highest BCUT2D eigenvalue weighted by atomic mass is 16.5. The van der Waals surface area contributed by atoms with Crippen molar-refractivity contribution in [2.75, 3.05) is 14.2 Å². The lowest BCUT2D eigenvalue weighted by atomic mass is 9.90. The highest BCUT2D eigenvalue weighted by Gasteiger charge is 2.27. The molecular formula is C10H14O4. The van der Waals surface area contributed by atoms with Gasteiger partial charge in [0.1, 0.15) is 0 Å². The Labute approximate surface area is 83.6 Å². The molecule has 0 heterocycles. The second kappa shape index (κ2) is 5.28. The molecule has 0 aromatic heterocycles. The van der Waals surface area contributed by atoms with Gasteiger partial charge in [0.2, 0.25) is 0 Å². The molecule has 0 spiro atoms. The first kappa shape index (κ1) is 12.5. The van der Waals surface area contributed by atoms with Crippen molar-refractivity contribution in [3.8, 4) is 11.8 Å². The zero-order valence-electron chi connectivity index (χ0n) is 8.84. The third kappa shape index (κ3) is 3.94. The molecule has 0 aliphatic carbocycles. The Balaban J connectivity index is 4.29. The fourth-order valence-corrected chi connectivity index (χ4v) is 0.737. The van der Waals surface area contributed by atoms with Crippen LogP contribution in [0.2, 0.25) is 0 Å². The predicted octanol–water partition coefficient (Wildman–Crippen LogP) is 0.752. The van der Waals surface area contributed by atoms with Crippen molar-refractivity contribution in [2.24, 2.45) is 5.41 Å². The van der Waals surface area contributed by atoms with Gasteiger partial charge in [0, 0.05) is 12.3 Å². The summed E-state index contributed by atoms with van der Waals surface area (Å²) >= 11 is 0. The van der Waals surface area contributed by atoms with Gasteiger partial charge in [0.25, 0.3) is 0 Å². The molecule has 0 aromatic rings. The molecule has 14 heavy (non-hydrogen) atoms. The minimum Gasteiger partial charge on any atom is -0.469 e. The van der Waals surface area contributed by atoms with E-state index in [1.54, 1.807) is 13.8 Å². The molecule has 0 amide bonds. The molecule has 0 atom stereocenters. The molecule has 0 fully saturated rings. The van der Waals surface area contributed by atoms with Crippen LogP contribution >= 0.6 is 0 Å². The van der Waals surface area contributed by atoms with Crippen LogP contribution in [-0.2, 0) is 19.1 Å². The van der Waals surface area contributed by atoms with Crippen molar-refractivity contribution < 1.29 is 19.1 Å². The molecule has 0 aliphatic heterocycles. The molecule has 0 saturated heterocycles. The van der Waals surface area contributed by atoms with Crippen LogP contribution in [0.25, 0.3) is 0 Å². The normalized spacial score (nSPS) is 9.71. The molecule has 0 radical (unpaired) electrons. The minimum atomic E-state index is -0.699. The number of methoxy groups -OCH3 is 2. The van der Waals surface area contributed by atoms with Crippen molar-refractivity contribution in [2.45, 2.75) is 20.3 Å². The topological polar surface area (TPSA) is 52.6 Å². The lowest BCUT2D eigenvalue weighted by molar-refractivity contribution is -0.150. The van der Waals surface area contributed by atoms with Crippen molar-refractivity contribution in [1.82, 2.24) is 0 Å². The first-order chi connectivity index (χ1) is 6.44.